The van der Waals surface area contributed by atoms with Gasteiger partial charge in [-0.3, -0.25) is 0 Å². The Kier molecular flexibility index (Phi) is 12.7. The number of fused-ring (bicyclic) bond motifs is 9. The fourth-order valence-corrected chi connectivity index (χ4v) is 11.3. The molecule has 15 rings (SSSR count). The summed E-state index contributed by atoms with van der Waals surface area (Å²) in [5.74, 6) is 1.83. The van der Waals surface area contributed by atoms with Gasteiger partial charge in [0.2, 0.25) is 0 Å². The summed E-state index contributed by atoms with van der Waals surface area (Å²) < 4.78 is 7.26. The van der Waals surface area contributed by atoms with Gasteiger partial charge in [0.05, 0.1) is 44.5 Å². The number of para-hydroxylation sites is 6. The normalized spacial score (nSPS) is 12.2. The van der Waals surface area contributed by atoms with E-state index in [1.54, 1.807) is 0 Å². The first kappa shape index (κ1) is 47.5. The van der Waals surface area contributed by atoms with Crippen LogP contribution in [0.15, 0.2) is 279 Å². The van der Waals surface area contributed by atoms with Gasteiger partial charge < -0.3 is 13.7 Å². The van der Waals surface area contributed by atoms with Gasteiger partial charge in [-0.2, -0.15) is 0 Å². The number of nitrogens with zero attached hydrogens (tertiary/aromatic N) is 6. The summed E-state index contributed by atoms with van der Waals surface area (Å²) in [4.78, 5) is 15.9. The first-order valence-corrected chi connectivity index (χ1v) is 26.9. The van der Waals surface area contributed by atoms with Crippen molar-refractivity contribution in [1.82, 2.24) is 28.7 Å². The zero-order valence-corrected chi connectivity index (χ0v) is 43.4. The second-order valence-corrected chi connectivity index (χ2v) is 19.0. The van der Waals surface area contributed by atoms with Gasteiger partial charge in [0.1, 0.15) is 0 Å². The molecule has 0 N–H and O–H groups in total. The maximum atomic E-state index is 5.39. The molecule has 6 heteroatoms. The largest absolute Gasteiger partial charge is 0.309 e. The van der Waals surface area contributed by atoms with Crippen LogP contribution in [0.1, 0.15) is 26.1 Å². The van der Waals surface area contributed by atoms with Crippen LogP contribution < -0.4 is 0 Å². The molecule has 0 bridgehead atoms. The van der Waals surface area contributed by atoms with E-state index in [2.05, 4.69) is 238 Å². The van der Waals surface area contributed by atoms with E-state index < -0.39 is 0 Å². The molecule has 10 aromatic carbocycles. The second kappa shape index (κ2) is 20.9. The van der Waals surface area contributed by atoms with E-state index in [1.807, 2.05) is 68.4 Å². The maximum absolute atomic E-state index is 5.39. The molecule has 0 saturated carbocycles. The summed E-state index contributed by atoms with van der Waals surface area (Å²) >= 11 is 0. The van der Waals surface area contributed by atoms with Crippen molar-refractivity contribution in [1.29, 1.82) is 0 Å². The summed E-state index contributed by atoms with van der Waals surface area (Å²) in [5.41, 5.74) is 15.0. The van der Waals surface area contributed by atoms with Gasteiger partial charge in [0, 0.05) is 54.7 Å². The first-order valence-electron chi connectivity index (χ1n) is 26.9. The van der Waals surface area contributed by atoms with E-state index in [1.165, 1.54) is 48.9 Å². The Morgan fingerprint density at radius 3 is 1.53 bits per heavy atom. The lowest BCUT2D eigenvalue weighted by atomic mass is 9.98. The zero-order chi connectivity index (χ0) is 52.4. The average Bonchev–Trinajstić information content (AvgIpc) is 4.20. The van der Waals surface area contributed by atoms with Crippen LogP contribution in [0.4, 0.5) is 0 Å². The molecule has 0 spiro atoms. The number of rotatable bonds is 7. The standard InChI is InChI=1S/C64H42N6.C6H6.C2H6/c1-2-6-22-42(21-5-1)62-65-63(43-23-7-3-8-24-43)67-64(66-62)51-32-20-38-59(61(51)70-54-34-16-11-27-47(54)48-28-12-17-35-55(48)70)69-56-36-18-14-30-50(56)60-46(31-19-37-58(60)69)44-39-40-57-52(41-44)49-29-13-15-33-53(49)68(57)45-25-9-4-10-26-45;1-2-4-6-5-3-1;1-2/h1,3-41H,2H2;1-6H;1-2H3. The van der Waals surface area contributed by atoms with Gasteiger partial charge in [-0.25, -0.2) is 15.0 Å². The molecule has 0 amide bonds. The lowest BCUT2D eigenvalue weighted by molar-refractivity contribution is 1.02. The SMILES string of the molecule is C1=CCC=CC(c2nc(-c3ccccc3)nc(-c3cccc(-n4c5ccccc5c5c(-c6ccc7c(c6)c6ccccc6n7-c6ccccc6)cccc54)c3-n3c4ccccc4c4ccccc43)n2)=C1.CC.c1ccccc1. The molecule has 0 fully saturated rings. The van der Waals surface area contributed by atoms with E-state index in [9.17, 15) is 0 Å². The average molecular weight is 1000 g/mol. The molecular formula is C72H54N6. The summed E-state index contributed by atoms with van der Waals surface area (Å²) in [5, 5.41) is 7.16. The molecule has 1 aliphatic rings. The quantitative estimate of drug-likeness (QED) is 0.160. The van der Waals surface area contributed by atoms with Crippen LogP contribution in [0.5, 0.6) is 0 Å². The molecule has 372 valence electrons. The number of hydrogen-bond donors (Lipinski definition) is 0. The van der Waals surface area contributed by atoms with Gasteiger partial charge in [-0.05, 0) is 84.3 Å². The predicted octanol–water partition coefficient (Wildman–Crippen LogP) is 18.8. The van der Waals surface area contributed by atoms with Crippen LogP contribution in [-0.2, 0) is 0 Å². The molecule has 1 aliphatic carbocycles. The predicted molar refractivity (Wildman–Crippen MR) is 328 cm³/mol. The molecular weight excluding hydrogens is 949 g/mol. The fraction of sp³-hybridized carbons (Fsp3) is 0.0417. The van der Waals surface area contributed by atoms with Crippen LogP contribution in [0.3, 0.4) is 0 Å². The van der Waals surface area contributed by atoms with Gasteiger partial charge in [-0.1, -0.05) is 226 Å². The van der Waals surface area contributed by atoms with E-state index in [0.717, 1.165) is 67.8 Å². The number of hydrogen-bond acceptors (Lipinski definition) is 3. The molecule has 0 saturated heterocycles. The molecule has 4 aromatic heterocycles. The third-order valence-electron chi connectivity index (χ3n) is 14.6. The Bertz CT molecular complexity index is 4510. The third-order valence-corrected chi connectivity index (χ3v) is 14.6. The Balaban J connectivity index is 0.000000673. The number of allylic oxidation sites excluding steroid dienone is 6. The lowest BCUT2D eigenvalue weighted by Crippen LogP contribution is -2.08. The molecule has 0 aliphatic heterocycles. The van der Waals surface area contributed by atoms with E-state index in [-0.39, 0.29) is 0 Å². The van der Waals surface area contributed by atoms with Crippen molar-refractivity contribution >= 4 is 71.0 Å². The highest BCUT2D eigenvalue weighted by Gasteiger charge is 2.26. The topological polar surface area (TPSA) is 53.5 Å². The van der Waals surface area contributed by atoms with Crippen molar-refractivity contribution in [2.24, 2.45) is 0 Å². The number of benzene rings is 10. The lowest BCUT2D eigenvalue weighted by Gasteiger charge is -2.20. The molecule has 4 heterocycles. The van der Waals surface area contributed by atoms with Gasteiger partial charge >= 0.3 is 0 Å². The molecule has 0 atom stereocenters. The van der Waals surface area contributed by atoms with Crippen molar-refractivity contribution in [3.63, 3.8) is 0 Å². The smallest absolute Gasteiger partial charge is 0.166 e. The van der Waals surface area contributed by atoms with Crippen molar-refractivity contribution < 1.29 is 0 Å². The highest BCUT2D eigenvalue weighted by atomic mass is 15.1. The van der Waals surface area contributed by atoms with Crippen molar-refractivity contribution in [2.45, 2.75) is 20.3 Å². The minimum atomic E-state index is 0.592. The van der Waals surface area contributed by atoms with E-state index in [4.69, 9.17) is 15.0 Å². The van der Waals surface area contributed by atoms with E-state index in [0.29, 0.717) is 17.5 Å². The van der Waals surface area contributed by atoms with Gasteiger partial charge in [0.25, 0.3) is 0 Å². The first-order chi connectivity index (χ1) is 38.8. The van der Waals surface area contributed by atoms with Crippen molar-refractivity contribution in [3.05, 3.63) is 285 Å². The van der Waals surface area contributed by atoms with Crippen molar-refractivity contribution in [3.8, 4) is 51.0 Å². The third kappa shape index (κ3) is 8.37. The molecule has 6 nitrogen and oxygen atoms in total. The Hall–Kier alpha value is -10.2. The minimum Gasteiger partial charge on any atom is -0.309 e. The van der Waals surface area contributed by atoms with E-state index >= 15 is 0 Å². The Morgan fingerprint density at radius 1 is 0.346 bits per heavy atom. The summed E-state index contributed by atoms with van der Waals surface area (Å²) in [6.45, 7) is 4.00. The van der Waals surface area contributed by atoms with Gasteiger partial charge in [-0.15, -0.1) is 0 Å². The van der Waals surface area contributed by atoms with Crippen LogP contribution in [0.25, 0.3) is 122 Å². The highest BCUT2D eigenvalue weighted by Crippen LogP contribution is 2.45. The summed E-state index contributed by atoms with van der Waals surface area (Å²) in [6.07, 6.45) is 11.4. The van der Waals surface area contributed by atoms with Crippen LogP contribution in [-0.4, -0.2) is 28.7 Å². The molecule has 78 heavy (non-hydrogen) atoms. The second-order valence-electron chi connectivity index (χ2n) is 19.0. The molecule has 14 aromatic rings. The summed E-state index contributed by atoms with van der Waals surface area (Å²) in [6, 6.07) is 88.2. The van der Waals surface area contributed by atoms with Gasteiger partial charge in [0.15, 0.2) is 17.5 Å². The van der Waals surface area contributed by atoms with Crippen LogP contribution in [0, 0.1) is 0 Å². The molecule has 0 radical (unpaired) electrons. The Labute approximate surface area is 453 Å². The minimum absolute atomic E-state index is 0.592. The maximum Gasteiger partial charge on any atom is 0.166 e. The zero-order valence-electron chi connectivity index (χ0n) is 43.4. The monoisotopic (exact) mass is 1000 g/mol. The Morgan fingerprint density at radius 2 is 0.846 bits per heavy atom. The van der Waals surface area contributed by atoms with Crippen LogP contribution >= 0.6 is 0 Å². The van der Waals surface area contributed by atoms with Crippen LogP contribution in [0.2, 0.25) is 0 Å². The van der Waals surface area contributed by atoms with Crippen molar-refractivity contribution in [2.75, 3.05) is 0 Å². The summed E-state index contributed by atoms with van der Waals surface area (Å²) in [7, 11) is 0. The molecule has 0 unspecified atom stereocenters. The number of aromatic nitrogens is 6. The fourth-order valence-electron chi connectivity index (χ4n) is 11.3. The highest BCUT2D eigenvalue weighted by molar-refractivity contribution is 6.18.